The highest BCUT2D eigenvalue weighted by Crippen LogP contribution is 2.66. The lowest BCUT2D eigenvalue weighted by Gasteiger charge is -2.19. The number of phosphoric acid groups is 3. The predicted octanol–water partition coefficient (Wildman–Crippen LogP) is 0.182. The molecule has 0 radical (unpaired) electrons. The van der Waals surface area contributed by atoms with E-state index in [0.717, 1.165) is 16.6 Å². The normalized spacial score (nSPS) is 24.7. The quantitative estimate of drug-likeness (QED) is 0.0846. The molecular weight excluding hydrogens is 591 g/mol. The number of anilines is 1. The topological polar surface area (TPSA) is 266 Å². The Morgan fingerprint density at radius 1 is 0.974 bits per heavy atom. The molecule has 1 aromatic heterocycles. The molecular formula is C18H26N3O15P3. The van der Waals surface area contributed by atoms with Crippen molar-refractivity contribution in [3.63, 3.8) is 0 Å². The van der Waals surface area contributed by atoms with Crippen molar-refractivity contribution < 1.29 is 66.2 Å². The summed E-state index contributed by atoms with van der Waals surface area (Å²) < 4.78 is 51.6. The number of nitrogens with one attached hydrogen (secondary N) is 1. The minimum Gasteiger partial charge on any atom is -0.387 e. The summed E-state index contributed by atoms with van der Waals surface area (Å²) in [6.07, 6.45) is -3.96. The molecule has 1 saturated heterocycles. The van der Waals surface area contributed by atoms with Crippen LogP contribution in [0.1, 0.15) is 18.2 Å². The van der Waals surface area contributed by atoms with Gasteiger partial charge in [-0.05, 0) is 24.5 Å². The third-order valence-corrected chi connectivity index (χ3v) is 8.79. The Hall–Kier alpha value is -1.85. The molecule has 218 valence electrons. The first-order chi connectivity index (χ1) is 18.2. The van der Waals surface area contributed by atoms with Gasteiger partial charge in [-0.25, -0.2) is 24.0 Å². The van der Waals surface area contributed by atoms with Gasteiger partial charge in [0.15, 0.2) is 12.0 Å². The van der Waals surface area contributed by atoms with Gasteiger partial charge < -0.3 is 34.5 Å². The number of hydrogen-bond donors (Lipinski definition) is 7. The summed E-state index contributed by atoms with van der Waals surface area (Å²) in [5.41, 5.74) is 2.74. The highest BCUT2D eigenvalue weighted by Gasteiger charge is 2.46. The second-order valence-electron chi connectivity index (χ2n) is 7.98. The van der Waals surface area contributed by atoms with Gasteiger partial charge in [-0.3, -0.25) is 13.9 Å². The molecule has 0 aliphatic carbocycles. The van der Waals surface area contributed by atoms with E-state index in [9.17, 15) is 38.5 Å². The molecule has 39 heavy (non-hydrogen) atoms. The highest BCUT2D eigenvalue weighted by molar-refractivity contribution is 7.66. The standard InChI is InChI=1S/C18H26N3O15P3/c22-15-13(11-33-38(28,29)36-39(30,31)35-37(25,26)27)34-17(16(15)23)21-9-8-14(19-18(21)24)20-32-10-4-7-12-5-2-1-3-6-12/h1-3,5-6,8-9,13,15-17,22-23H,4,7,10-11H2,(H,28,29)(H,30,31)(H,19,20,24)(H2,25,26,27). The number of hydrogen-bond acceptors (Lipinski definition) is 13. The molecule has 0 saturated carbocycles. The van der Waals surface area contributed by atoms with Crippen molar-refractivity contribution in [2.45, 2.75) is 37.4 Å². The van der Waals surface area contributed by atoms with Crippen LogP contribution in [-0.4, -0.2) is 70.9 Å². The van der Waals surface area contributed by atoms with Crippen LogP contribution < -0.4 is 11.2 Å². The van der Waals surface area contributed by atoms with Gasteiger partial charge in [0, 0.05) is 6.20 Å². The fourth-order valence-corrected chi connectivity index (χ4v) is 6.38. The Labute approximate surface area is 220 Å². The largest absolute Gasteiger partial charge is 0.490 e. The average Bonchev–Trinajstić information content (AvgIpc) is 3.09. The molecule has 21 heteroatoms. The van der Waals surface area contributed by atoms with Gasteiger partial charge in [0.1, 0.15) is 18.3 Å². The van der Waals surface area contributed by atoms with Crippen LogP contribution in [-0.2, 0) is 42.8 Å². The Morgan fingerprint density at radius 2 is 1.67 bits per heavy atom. The average molecular weight is 617 g/mol. The lowest BCUT2D eigenvalue weighted by atomic mass is 10.1. The minimum absolute atomic E-state index is 0.0493. The maximum absolute atomic E-state index is 12.5. The second-order valence-corrected chi connectivity index (χ2v) is 12.4. The molecule has 0 amide bonds. The van der Waals surface area contributed by atoms with Crippen LogP contribution >= 0.6 is 23.5 Å². The molecule has 0 spiro atoms. The van der Waals surface area contributed by atoms with Crippen molar-refractivity contribution in [2.24, 2.45) is 0 Å². The SMILES string of the molecule is O=c1nc(NOCCCc2ccccc2)ccn1C1OC(COP(=O)(O)OP(=O)(O)OP(=O)(O)O)C(O)C1O. The van der Waals surface area contributed by atoms with Crippen LogP contribution in [0.15, 0.2) is 47.4 Å². The number of aliphatic hydroxyl groups is 2. The highest BCUT2D eigenvalue weighted by atomic mass is 31.3. The fourth-order valence-electron chi connectivity index (χ4n) is 3.35. The Morgan fingerprint density at radius 3 is 2.31 bits per heavy atom. The van der Waals surface area contributed by atoms with Gasteiger partial charge in [0.2, 0.25) is 0 Å². The van der Waals surface area contributed by atoms with Crippen molar-refractivity contribution in [1.29, 1.82) is 0 Å². The zero-order valence-electron chi connectivity index (χ0n) is 19.8. The van der Waals surface area contributed by atoms with E-state index in [1.807, 2.05) is 30.3 Å². The van der Waals surface area contributed by atoms with Crippen molar-refractivity contribution in [3.8, 4) is 0 Å². The van der Waals surface area contributed by atoms with E-state index < -0.39 is 60.3 Å². The molecule has 6 atom stereocenters. The Kier molecular flexibility index (Phi) is 10.7. The van der Waals surface area contributed by atoms with Crippen molar-refractivity contribution in [2.75, 3.05) is 18.7 Å². The summed E-state index contributed by atoms with van der Waals surface area (Å²) >= 11 is 0. The first-order valence-electron chi connectivity index (χ1n) is 11.0. The van der Waals surface area contributed by atoms with Gasteiger partial charge in [-0.2, -0.15) is 13.6 Å². The van der Waals surface area contributed by atoms with E-state index in [0.29, 0.717) is 13.0 Å². The van der Waals surface area contributed by atoms with Crippen LogP contribution in [0.2, 0.25) is 0 Å². The van der Waals surface area contributed by atoms with Crippen LogP contribution in [0.25, 0.3) is 0 Å². The first-order valence-corrected chi connectivity index (χ1v) is 15.5. The molecule has 1 aliphatic rings. The maximum atomic E-state index is 12.5. The molecule has 1 aromatic carbocycles. The number of benzene rings is 1. The molecule has 6 unspecified atom stereocenters. The van der Waals surface area contributed by atoms with Crippen LogP contribution in [0.4, 0.5) is 5.82 Å². The molecule has 1 fully saturated rings. The first kappa shape index (κ1) is 31.7. The van der Waals surface area contributed by atoms with E-state index in [1.165, 1.54) is 12.3 Å². The van der Waals surface area contributed by atoms with Gasteiger partial charge >= 0.3 is 29.2 Å². The monoisotopic (exact) mass is 617 g/mol. The van der Waals surface area contributed by atoms with Gasteiger partial charge in [0.25, 0.3) is 0 Å². The second kappa shape index (κ2) is 13.2. The molecule has 1 aliphatic heterocycles. The van der Waals surface area contributed by atoms with E-state index in [1.54, 1.807) is 0 Å². The van der Waals surface area contributed by atoms with Crippen LogP contribution in [0.5, 0.6) is 0 Å². The van der Waals surface area contributed by atoms with Crippen molar-refractivity contribution >= 4 is 29.3 Å². The van der Waals surface area contributed by atoms with E-state index in [2.05, 4.69) is 23.6 Å². The number of nitrogens with zero attached hydrogens (tertiary/aromatic N) is 2. The fraction of sp³-hybridized carbons (Fsp3) is 0.444. The van der Waals surface area contributed by atoms with Gasteiger partial charge in [-0.1, -0.05) is 30.3 Å². The third-order valence-electron chi connectivity index (χ3n) is 4.99. The van der Waals surface area contributed by atoms with Gasteiger partial charge in [-0.15, -0.1) is 0 Å². The van der Waals surface area contributed by atoms with Crippen molar-refractivity contribution in [1.82, 2.24) is 9.55 Å². The lowest BCUT2D eigenvalue weighted by molar-refractivity contribution is -0.0541. The zero-order chi connectivity index (χ0) is 28.8. The number of aromatic nitrogens is 2. The van der Waals surface area contributed by atoms with E-state index in [-0.39, 0.29) is 5.82 Å². The van der Waals surface area contributed by atoms with Crippen LogP contribution in [0.3, 0.4) is 0 Å². The summed E-state index contributed by atoms with van der Waals surface area (Å²) in [6, 6.07) is 11.1. The molecule has 18 nitrogen and oxygen atoms in total. The predicted molar refractivity (Wildman–Crippen MR) is 129 cm³/mol. The Balaban J connectivity index is 1.52. The molecule has 3 rings (SSSR count). The number of rotatable bonds is 14. The van der Waals surface area contributed by atoms with E-state index >= 15 is 0 Å². The summed E-state index contributed by atoms with van der Waals surface area (Å²) in [6.45, 7) is -0.718. The number of phosphoric ester groups is 1. The summed E-state index contributed by atoms with van der Waals surface area (Å²) in [7, 11) is -16.8. The minimum atomic E-state index is -5.75. The number of aliphatic hydroxyl groups excluding tert-OH is 2. The zero-order valence-corrected chi connectivity index (χ0v) is 22.5. The molecule has 7 N–H and O–H groups in total. The maximum Gasteiger partial charge on any atom is 0.490 e. The van der Waals surface area contributed by atoms with Gasteiger partial charge in [0.05, 0.1) is 13.2 Å². The van der Waals surface area contributed by atoms with E-state index in [4.69, 9.17) is 19.4 Å². The Bertz CT molecular complexity index is 1310. The smallest absolute Gasteiger partial charge is 0.387 e. The van der Waals surface area contributed by atoms with Crippen LogP contribution in [0, 0.1) is 0 Å². The molecule has 2 aromatic rings. The van der Waals surface area contributed by atoms with Crippen molar-refractivity contribution in [3.05, 3.63) is 58.6 Å². The summed E-state index contributed by atoms with van der Waals surface area (Å²) in [5, 5.41) is 20.5. The third kappa shape index (κ3) is 9.93. The summed E-state index contributed by atoms with van der Waals surface area (Å²) in [5.74, 6) is 0.0493. The number of aryl methyl sites for hydroxylation is 1. The molecule has 2 heterocycles. The lowest BCUT2D eigenvalue weighted by Crippen LogP contribution is -2.36. The summed E-state index contributed by atoms with van der Waals surface area (Å²) in [4.78, 5) is 57.3. The molecule has 0 bridgehead atoms. The number of ether oxygens (including phenoxy) is 1.